The molecule has 0 saturated heterocycles. The van der Waals surface area contributed by atoms with Crippen molar-refractivity contribution in [1.82, 2.24) is 0 Å². The lowest BCUT2D eigenvalue weighted by Gasteiger charge is -2.34. The predicted octanol–water partition coefficient (Wildman–Crippen LogP) is 4.90. The van der Waals surface area contributed by atoms with Crippen LogP contribution in [0.15, 0.2) is 18.2 Å². The van der Waals surface area contributed by atoms with Gasteiger partial charge in [-0.3, -0.25) is 0 Å². The van der Waals surface area contributed by atoms with Gasteiger partial charge in [0.15, 0.2) is 0 Å². The van der Waals surface area contributed by atoms with Crippen LogP contribution in [0.2, 0.25) is 0 Å². The van der Waals surface area contributed by atoms with Crippen molar-refractivity contribution in [1.29, 1.82) is 0 Å². The summed E-state index contributed by atoms with van der Waals surface area (Å²) < 4.78 is 76.6. The Bertz CT molecular complexity index is 448. The summed E-state index contributed by atoms with van der Waals surface area (Å²) in [4.78, 5) is 0. The highest BCUT2D eigenvalue weighted by Crippen LogP contribution is 2.51. The number of halogens is 6. The molecule has 0 spiro atoms. The molecule has 0 bridgehead atoms. The Morgan fingerprint density at radius 1 is 0.952 bits per heavy atom. The quantitative estimate of drug-likeness (QED) is 0.770. The smallest absolute Gasteiger partial charge is 0.369 e. The van der Waals surface area contributed by atoms with Crippen LogP contribution in [0.5, 0.6) is 0 Å². The topological polar surface area (TPSA) is 20.2 Å². The fourth-order valence-corrected chi connectivity index (χ4v) is 1.80. The molecular formula is C14H18F6O. The van der Waals surface area contributed by atoms with Gasteiger partial charge in [-0.2, -0.15) is 26.3 Å². The fraction of sp³-hybridized carbons (Fsp3) is 0.571. The van der Waals surface area contributed by atoms with Gasteiger partial charge in [0.1, 0.15) is 0 Å². The van der Waals surface area contributed by atoms with E-state index in [1.54, 1.807) is 0 Å². The summed E-state index contributed by atoms with van der Waals surface area (Å²) in [5.74, 6) is 0. The van der Waals surface area contributed by atoms with E-state index in [-0.39, 0.29) is 17.5 Å². The molecule has 0 unspecified atom stereocenters. The lowest BCUT2D eigenvalue weighted by atomic mass is 9.86. The van der Waals surface area contributed by atoms with E-state index < -0.39 is 23.5 Å². The number of rotatable bonds is 2. The molecule has 0 aliphatic carbocycles. The maximum Gasteiger partial charge on any atom is 0.430 e. The Labute approximate surface area is 119 Å². The zero-order chi connectivity index (χ0) is 17.1. The second-order valence-corrected chi connectivity index (χ2v) is 4.22. The van der Waals surface area contributed by atoms with Crippen molar-refractivity contribution in [3.63, 3.8) is 0 Å². The second-order valence-electron chi connectivity index (χ2n) is 4.22. The van der Waals surface area contributed by atoms with Crippen molar-refractivity contribution < 1.29 is 31.4 Å². The van der Waals surface area contributed by atoms with Gasteiger partial charge < -0.3 is 5.11 Å². The van der Waals surface area contributed by atoms with Crippen molar-refractivity contribution in [2.24, 2.45) is 0 Å². The summed E-state index contributed by atoms with van der Waals surface area (Å²) in [7, 11) is 0. The predicted molar refractivity (Wildman–Crippen MR) is 67.9 cm³/mol. The van der Waals surface area contributed by atoms with Gasteiger partial charge in [0, 0.05) is 5.56 Å². The van der Waals surface area contributed by atoms with Crippen LogP contribution in [0.1, 0.15) is 37.5 Å². The summed E-state index contributed by atoms with van der Waals surface area (Å²) in [6.07, 6.45) is -11.7. The second kappa shape index (κ2) is 6.68. The molecule has 0 fully saturated rings. The molecule has 0 aromatic heterocycles. The zero-order valence-corrected chi connectivity index (χ0v) is 12.2. The van der Waals surface area contributed by atoms with E-state index in [1.807, 2.05) is 13.8 Å². The van der Waals surface area contributed by atoms with E-state index in [0.717, 1.165) is 12.1 Å². The molecule has 0 heterocycles. The van der Waals surface area contributed by atoms with Crippen molar-refractivity contribution in [2.75, 3.05) is 0 Å². The van der Waals surface area contributed by atoms with Crippen LogP contribution in [0.25, 0.3) is 0 Å². The molecule has 1 aromatic rings. The van der Waals surface area contributed by atoms with Crippen LogP contribution in [0.3, 0.4) is 0 Å². The highest BCUT2D eigenvalue weighted by atomic mass is 19.4. The molecule has 1 rings (SSSR count). The Balaban J connectivity index is 0.00000191. The van der Waals surface area contributed by atoms with Crippen LogP contribution >= 0.6 is 0 Å². The summed E-state index contributed by atoms with van der Waals surface area (Å²) in [6.45, 7) is 6.78. The van der Waals surface area contributed by atoms with Gasteiger partial charge in [0.25, 0.3) is 5.60 Å². The molecule has 122 valence electrons. The molecule has 0 atom stereocenters. The first-order chi connectivity index (χ1) is 9.45. The highest BCUT2D eigenvalue weighted by molar-refractivity contribution is 5.38. The lowest BCUT2D eigenvalue weighted by molar-refractivity contribution is -0.376. The first-order valence-electron chi connectivity index (χ1n) is 6.41. The van der Waals surface area contributed by atoms with Gasteiger partial charge in [0.05, 0.1) is 0 Å². The van der Waals surface area contributed by atoms with Crippen LogP contribution in [0, 0.1) is 6.92 Å². The number of hydrogen-bond donors (Lipinski definition) is 1. The number of aliphatic hydroxyl groups is 1. The molecule has 0 saturated carbocycles. The molecule has 1 aromatic carbocycles. The molecule has 21 heavy (non-hydrogen) atoms. The summed E-state index contributed by atoms with van der Waals surface area (Å²) >= 11 is 0. The highest BCUT2D eigenvalue weighted by Gasteiger charge is 2.71. The molecule has 0 amide bonds. The minimum absolute atomic E-state index is 0.0515. The van der Waals surface area contributed by atoms with Gasteiger partial charge in [-0.1, -0.05) is 44.5 Å². The summed E-state index contributed by atoms with van der Waals surface area (Å²) in [6, 6.07) is 3.28. The zero-order valence-electron chi connectivity index (χ0n) is 12.2. The van der Waals surface area contributed by atoms with Gasteiger partial charge in [-0.15, -0.1) is 0 Å². The third kappa shape index (κ3) is 3.70. The Morgan fingerprint density at radius 3 is 1.71 bits per heavy atom. The van der Waals surface area contributed by atoms with Gasteiger partial charge >= 0.3 is 12.4 Å². The molecule has 0 aliphatic rings. The van der Waals surface area contributed by atoms with Crippen molar-refractivity contribution >= 4 is 0 Å². The third-order valence-electron chi connectivity index (χ3n) is 2.86. The number of hydrogen-bond acceptors (Lipinski definition) is 1. The SMILES string of the molecule is CC.CCc1ccc(C)cc1C(O)(C(F)(F)F)C(F)(F)F. The number of benzene rings is 1. The summed E-state index contributed by atoms with van der Waals surface area (Å²) in [5.41, 5.74) is -5.99. The normalized spacial score (nSPS) is 12.7. The van der Waals surface area contributed by atoms with Crippen LogP contribution in [-0.2, 0) is 12.0 Å². The van der Waals surface area contributed by atoms with E-state index in [4.69, 9.17) is 0 Å². The maximum atomic E-state index is 12.8. The Morgan fingerprint density at radius 2 is 1.38 bits per heavy atom. The molecule has 1 N–H and O–H groups in total. The first kappa shape index (κ1) is 19.8. The lowest BCUT2D eigenvalue weighted by Crippen LogP contribution is -2.54. The Hall–Kier alpha value is -1.24. The fourth-order valence-electron chi connectivity index (χ4n) is 1.80. The van der Waals surface area contributed by atoms with E-state index >= 15 is 0 Å². The monoisotopic (exact) mass is 316 g/mol. The minimum atomic E-state index is -5.84. The van der Waals surface area contributed by atoms with E-state index in [0.29, 0.717) is 0 Å². The standard InChI is InChI=1S/C12H12F6O.C2H6/c1-3-8-5-4-7(2)6-9(8)10(19,11(13,14)15)12(16,17)18;1-2/h4-6,19H,3H2,1-2H3;1-2H3. The minimum Gasteiger partial charge on any atom is -0.369 e. The third-order valence-corrected chi connectivity index (χ3v) is 2.86. The van der Waals surface area contributed by atoms with Crippen molar-refractivity contribution in [2.45, 2.75) is 52.1 Å². The van der Waals surface area contributed by atoms with Gasteiger partial charge in [0.2, 0.25) is 0 Å². The van der Waals surface area contributed by atoms with Gasteiger partial charge in [-0.25, -0.2) is 0 Å². The number of alkyl halides is 6. The molecule has 0 radical (unpaired) electrons. The molecule has 7 heteroatoms. The van der Waals surface area contributed by atoms with Crippen LogP contribution in [-0.4, -0.2) is 17.5 Å². The van der Waals surface area contributed by atoms with Crippen LogP contribution < -0.4 is 0 Å². The van der Waals surface area contributed by atoms with Crippen molar-refractivity contribution in [3.8, 4) is 0 Å². The van der Waals surface area contributed by atoms with E-state index in [1.165, 1.54) is 19.9 Å². The van der Waals surface area contributed by atoms with Gasteiger partial charge in [-0.05, 0) is 18.9 Å². The largest absolute Gasteiger partial charge is 0.430 e. The first-order valence-corrected chi connectivity index (χ1v) is 6.41. The Kier molecular flexibility index (Phi) is 6.29. The number of aryl methyl sites for hydroxylation is 2. The molecule has 1 nitrogen and oxygen atoms in total. The molecule has 0 aliphatic heterocycles. The van der Waals surface area contributed by atoms with E-state index in [2.05, 4.69) is 0 Å². The average molecular weight is 316 g/mol. The van der Waals surface area contributed by atoms with E-state index in [9.17, 15) is 31.4 Å². The summed E-state index contributed by atoms with van der Waals surface area (Å²) in [5, 5.41) is 9.34. The van der Waals surface area contributed by atoms with Crippen LogP contribution in [0.4, 0.5) is 26.3 Å². The maximum absolute atomic E-state index is 12.8. The average Bonchev–Trinajstić information content (AvgIpc) is 2.37. The molecular weight excluding hydrogens is 298 g/mol. The van der Waals surface area contributed by atoms with Crippen molar-refractivity contribution in [3.05, 3.63) is 34.9 Å².